The molecule has 0 aliphatic carbocycles. The normalized spacial score (nSPS) is 11.3. The van der Waals surface area contributed by atoms with Crippen LogP contribution in [0.25, 0.3) is 17.0 Å². The molecule has 1 aromatic heterocycles. The molecule has 7 nitrogen and oxygen atoms in total. The first-order valence-electron chi connectivity index (χ1n) is 9.34. The van der Waals surface area contributed by atoms with Gasteiger partial charge in [-0.25, -0.2) is 0 Å². The minimum absolute atomic E-state index is 0.000846. The lowest BCUT2D eigenvalue weighted by atomic mass is 10.1. The summed E-state index contributed by atoms with van der Waals surface area (Å²) in [4.78, 5) is 28.7. The van der Waals surface area contributed by atoms with Crippen molar-refractivity contribution in [2.24, 2.45) is 0 Å². The highest BCUT2D eigenvalue weighted by Crippen LogP contribution is 2.39. The molecule has 162 valence electrons. The number of Topliss-reactive ketones (excluding diaryl/α,β-unsaturated/α-hetero) is 1. The van der Waals surface area contributed by atoms with Gasteiger partial charge < -0.3 is 23.9 Å². The second-order valence-corrected chi connectivity index (χ2v) is 7.42. The van der Waals surface area contributed by atoms with E-state index in [1.165, 1.54) is 28.4 Å². The zero-order valence-electron chi connectivity index (χ0n) is 17.7. The summed E-state index contributed by atoms with van der Waals surface area (Å²) in [5, 5.41) is 0.969. The number of rotatable bonds is 9. The van der Waals surface area contributed by atoms with Crippen LogP contribution >= 0.6 is 11.8 Å². The topological polar surface area (TPSA) is 86.9 Å². The first kappa shape index (κ1) is 22.3. The van der Waals surface area contributed by atoms with Crippen LogP contribution in [-0.4, -0.2) is 50.9 Å². The number of methoxy groups -OCH3 is 4. The minimum Gasteiger partial charge on any atom is -0.493 e. The van der Waals surface area contributed by atoms with Crippen molar-refractivity contribution in [2.45, 2.75) is 0 Å². The molecule has 1 N–H and O–H groups in total. The Labute approximate surface area is 184 Å². The number of carbonyl (C=O) groups is 2. The lowest BCUT2D eigenvalue weighted by molar-refractivity contribution is -0.137. The van der Waals surface area contributed by atoms with E-state index in [1.807, 2.05) is 30.5 Å². The van der Waals surface area contributed by atoms with Crippen molar-refractivity contribution in [1.29, 1.82) is 0 Å². The molecule has 0 aliphatic heterocycles. The van der Waals surface area contributed by atoms with Gasteiger partial charge in [0, 0.05) is 28.2 Å². The number of fused-ring (bicyclic) bond motifs is 1. The molecular formula is C23H23NO6S. The third-order valence-corrected chi connectivity index (χ3v) is 5.63. The lowest BCUT2D eigenvalue weighted by Crippen LogP contribution is -2.08. The summed E-state index contributed by atoms with van der Waals surface area (Å²) in [7, 11) is 5.78. The van der Waals surface area contributed by atoms with Crippen molar-refractivity contribution >= 4 is 40.5 Å². The van der Waals surface area contributed by atoms with Crippen LogP contribution in [-0.2, 0) is 9.53 Å². The molecule has 0 fully saturated rings. The molecule has 0 spiro atoms. The fraction of sp³-hybridized carbons (Fsp3) is 0.217. The van der Waals surface area contributed by atoms with Crippen molar-refractivity contribution in [2.75, 3.05) is 34.2 Å². The summed E-state index contributed by atoms with van der Waals surface area (Å²) in [6, 6.07) is 11.0. The Bertz CT molecular complexity index is 1110. The van der Waals surface area contributed by atoms with Gasteiger partial charge in [-0.1, -0.05) is 18.2 Å². The number of allylic oxidation sites excluding steroid dienone is 1. The molecule has 2 aromatic carbocycles. The Morgan fingerprint density at radius 2 is 1.68 bits per heavy atom. The van der Waals surface area contributed by atoms with Crippen LogP contribution in [0.4, 0.5) is 0 Å². The number of benzene rings is 2. The van der Waals surface area contributed by atoms with Crippen molar-refractivity contribution in [3.05, 3.63) is 58.6 Å². The second kappa shape index (κ2) is 10.1. The maximum atomic E-state index is 13.4. The van der Waals surface area contributed by atoms with E-state index in [2.05, 4.69) is 4.98 Å². The third-order valence-electron chi connectivity index (χ3n) is 4.63. The zero-order valence-corrected chi connectivity index (χ0v) is 18.5. The predicted octanol–water partition coefficient (Wildman–Crippen LogP) is 4.32. The number of hydrogen-bond donors (Lipinski definition) is 1. The Hall–Kier alpha value is -3.39. The number of ether oxygens (including phenoxy) is 4. The number of ketones is 1. The molecule has 3 rings (SSSR count). The summed E-state index contributed by atoms with van der Waals surface area (Å²) >= 11 is 1.11. The van der Waals surface area contributed by atoms with E-state index in [0.717, 1.165) is 28.2 Å². The summed E-state index contributed by atoms with van der Waals surface area (Å²) in [5.41, 5.74) is 2.13. The summed E-state index contributed by atoms with van der Waals surface area (Å²) in [6.07, 6.45) is 3.59. The van der Waals surface area contributed by atoms with E-state index in [0.29, 0.717) is 27.7 Å². The largest absolute Gasteiger partial charge is 0.493 e. The molecule has 0 aliphatic rings. The molecule has 0 bridgehead atoms. The standard InChI is InChI=1S/C23H23NO6S/c1-27-18-9-14(10-19(28-2)23(18)30-4)22(26)20(31-13-21(25)29-3)11-15-12-24-17-8-6-5-7-16(15)17/h5-12,24H,13H2,1-4H3/b20-11-. The molecule has 0 saturated heterocycles. The number of thioether (sulfide) groups is 1. The van der Waals surface area contributed by atoms with Gasteiger partial charge in [-0.3, -0.25) is 9.59 Å². The molecule has 31 heavy (non-hydrogen) atoms. The van der Waals surface area contributed by atoms with E-state index < -0.39 is 5.97 Å². The van der Waals surface area contributed by atoms with Gasteiger partial charge in [0.15, 0.2) is 17.3 Å². The first-order valence-corrected chi connectivity index (χ1v) is 10.3. The van der Waals surface area contributed by atoms with Crippen molar-refractivity contribution in [3.8, 4) is 17.2 Å². The maximum absolute atomic E-state index is 13.4. The van der Waals surface area contributed by atoms with E-state index >= 15 is 0 Å². The van der Waals surface area contributed by atoms with Gasteiger partial charge in [-0.15, -0.1) is 11.8 Å². The molecular weight excluding hydrogens is 418 g/mol. The molecule has 0 saturated carbocycles. The number of aromatic amines is 1. The Balaban J connectivity index is 2.07. The average Bonchev–Trinajstić information content (AvgIpc) is 3.22. The van der Waals surface area contributed by atoms with Gasteiger partial charge in [-0.2, -0.15) is 0 Å². The highest BCUT2D eigenvalue weighted by Gasteiger charge is 2.21. The smallest absolute Gasteiger partial charge is 0.315 e. The Morgan fingerprint density at radius 3 is 2.29 bits per heavy atom. The van der Waals surface area contributed by atoms with Gasteiger partial charge >= 0.3 is 5.97 Å². The number of carbonyl (C=O) groups excluding carboxylic acids is 2. The molecule has 0 amide bonds. The third kappa shape index (κ3) is 4.86. The van der Waals surface area contributed by atoms with E-state index in [9.17, 15) is 9.59 Å². The minimum atomic E-state index is -0.424. The zero-order chi connectivity index (χ0) is 22.4. The summed E-state index contributed by atoms with van der Waals surface area (Å²) in [5.74, 6) is 0.432. The van der Waals surface area contributed by atoms with Gasteiger partial charge in [0.25, 0.3) is 0 Å². The first-order chi connectivity index (χ1) is 15.0. The molecule has 0 atom stereocenters. The second-order valence-electron chi connectivity index (χ2n) is 6.41. The molecule has 1 heterocycles. The van der Waals surface area contributed by atoms with Crippen LogP contribution in [0, 0.1) is 0 Å². The van der Waals surface area contributed by atoms with Crippen LogP contribution in [0.2, 0.25) is 0 Å². The number of esters is 1. The van der Waals surface area contributed by atoms with Gasteiger partial charge in [-0.05, 0) is 24.3 Å². The van der Waals surface area contributed by atoms with Gasteiger partial charge in [0.2, 0.25) is 5.75 Å². The van der Waals surface area contributed by atoms with E-state index in [1.54, 1.807) is 18.2 Å². The van der Waals surface area contributed by atoms with E-state index in [-0.39, 0.29) is 11.5 Å². The van der Waals surface area contributed by atoms with Crippen LogP contribution < -0.4 is 14.2 Å². The lowest BCUT2D eigenvalue weighted by Gasteiger charge is -2.14. The Kier molecular flexibility index (Phi) is 7.25. The molecule has 0 unspecified atom stereocenters. The van der Waals surface area contributed by atoms with Crippen molar-refractivity contribution < 1.29 is 28.5 Å². The van der Waals surface area contributed by atoms with Crippen molar-refractivity contribution in [3.63, 3.8) is 0 Å². The molecule has 0 radical (unpaired) electrons. The van der Waals surface area contributed by atoms with Crippen LogP contribution in [0.5, 0.6) is 17.2 Å². The number of nitrogens with one attached hydrogen (secondary N) is 1. The van der Waals surface area contributed by atoms with Crippen LogP contribution in [0.3, 0.4) is 0 Å². The number of H-pyrrole nitrogens is 1. The van der Waals surface area contributed by atoms with Gasteiger partial charge in [0.05, 0.1) is 39.1 Å². The average molecular weight is 442 g/mol. The number of aromatic nitrogens is 1. The monoisotopic (exact) mass is 441 g/mol. The number of para-hydroxylation sites is 1. The Morgan fingerprint density at radius 1 is 1.00 bits per heavy atom. The highest BCUT2D eigenvalue weighted by atomic mass is 32.2. The quantitative estimate of drug-likeness (QED) is 0.301. The highest BCUT2D eigenvalue weighted by molar-refractivity contribution is 8.04. The summed E-state index contributed by atoms with van der Waals surface area (Å²) < 4.78 is 20.8. The SMILES string of the molecule is COC(=O)CS/C(=C\c1c[nH]c2ccccc12)C(=O)c1cc(OC)c(OC)c(OC)c1. The van der Waals surface area contributed by atoms with Crippen molar-refractivity contribution in [1.82, 2.24) is 4.98 Å². The van der Waals surface area contributed by atoms with Crippen LogP contribution in [0.15, 0.2) is 47.5 Å². The van der Waals surface area contributed by atoms with Crippen LogP contribution in [0.1, 0.15) is 15.9 Å². The fourth-order valence-electron chi connectivity index (χ4n) is 3.08. The fourth-order valence-corrected chi connectivity index (χ4v) is 3.93. The number of hydrogen-bond acceptors (Lipinski definition) is 7. The van der Waals surface area contributed by atoms with Gasteiger partial charge in [0.1, 0.15) is 0 Å². The molecule has 3 aromatic rings. The van der Waals surface area contributed by atoms with E-state index in [4.69, 9.17) is 18.9 Å². The summed E-state index contributed by atoms with van der Waals surface area (Å²) in [6.45, 7) is 0. The molecule has 8 heteroatoms. The maximum Gasteiger partial charge on any atom is 0.315 e. The predicted molar refractivity (Wildman–Crippen MR) is 121 cm³/mol.